The largest absolute Gasteiger partial charge is 0.456 e. The van der Waals surface area contributed by atoms with E-state index in [1.807, 2.05) is 23.5 Å². The summed E-state index contributed by atoms with van der Waals surface area (Å²) in [5.74, 6) is 0. The van der Waals surface area contributed by atoms with Crippen LogP contribution in [-0.4, -0.2) is 6.17 Å². The van der Waals surface area contributed by atoms with Crippen LogP contribution in [-0.2, 0) is 0 Å². The summed E-state index contributed by atoms with van der Waals surface area (Å²) < 4.78 is 7.47. The van der Waals surface area contributed by atoms with Crippen molar-refractivity contribution in [1.29, 1.82) is 0 Å². The molecule has 0 amide bonds. The average Bonchev–Trinajstić information content (AvgIpc) is 3.61. The van der Waals surface area contributed by atoms with Gasteiger partial charge in [0.2, 0.25) is 0 Å². The Kier molecular flexibility index (Phi) is 5.43. The fourth-order valence-corrected chi connectivity index (χ4v) is 7.53. The molecule has 1 atom stereocenters. The molecule has 4 heteroatoms. The van der Waals surface area contributed by atoms with Crippen molar-refractivity contribution in [2.45, 2.75) is 6.17 Å². The van der Waals surface area contributed by atoms with Gasteiger partial charge in [-0.3, -0.25) is 0 Å². The number of hydrogen-bond donors (Lipinski definition) is 1. The molecular weight excluding hydrogens is 545 g/mol. The second kappa shape index (κ2) is 9.62. The van der Waals surface area contributed by atoms with Gasteiger partial charge in [0.1, 0.15) is 17.3 Å². The molecule has 0 fully saturated rings. The summed E-state index contributed by atoms with van der Waals surface area (Å²) in [6.07, 6.45) is 4.50. The first-order valence-corrected chi connectivity index (χ1v) is 15.4. The topological polar surface area (TPSA) is 28.4 Å². The summed E-state index contributed by atoms with van der Waals surface area (Å²) in [4.78, 5) is 2.39. The van der Waals surface area contributed by atoms with Crippen LogP contribution in [0.1, 0.15) is 5.56 Å². The standard InChI is InChI=1S/C39H26N2OS/c1-2-8-25(9-3-1)26-14-16-29(17-15-26)41(30-18-20-36-33(24-30)31-12-6-7-13-35(31)42-36)38-21-19-32-34-22-27-10-4-5-11-28(27)23-37(34)43-39(32)40-38/h1-24,38,40H. The summed E-state index contributed by atoms with van der Waals surface area (Å²) in [7, 11) is 0. The number of hydrogen-bond acceptors (Lipinski definition) is 4. The number of nitrogens with zero attached hydrogens (tertiary/aromatic N) is 1. The van der Waals surface area contributed by atoms with Gasteiger partial charge < -0.3 is 14.6 Å². The number of fused-ring (bicyclic) bond motifs is 7. The Balaban J connectivity index is 1.17. The van der Waals surface area contributed by atoms with Crippen molar-refractivity contribution in [3.63, 3.8) is 0 Å². The predicted molar refractivity (Wildman–Crippen MR) is 184 cm³/mol. The minimum absolute atomic E-state index is 0.0758. The third-order valence-electron chi connectivity index (χ3n) is 8.49. The normalized spacial score (nSPS) is 14.4. The van der Waals surface area contributed by atoms with Gasteiger partial charge in [0.25, 0.3) is 0 Å². The molecule has 0 radical (unpaired) electrons. The molecule has 43 heavy (non-hydrogen) atoms. The van der Waals surface area contributed by atoms with Crippen LogP contribution in [0.25, 0.3) is 60.0 Å². The molecule has 0 saturated heterocycles. The van der Waals surface area contributed by atoms with E-state index in [4.69, 9.17) is 4.42 Å². The lowest BCUT2D eigenvalue weighted by atomic mass is 10.0. The smallest absolute Gasteiger partial charge is 0.135 e. The van der Waals surface area contributed by atoms with Gasteiger partial charge in [-0.25, -0.2) is 0 Å². The fourth-order valence-electron chi connectivity index (χ4n) is 6.37. The minimum Gasteiger partial charge on any atom is -0.456 e. The highest BCUT2D eigenvalue weighted by Crippen LogP contribution is 2.43. The van der Waals surface area contributed by atoms with Crippen LogP contribution in [0, 0.1) is 0 Å². The van der Waals surface area contributed by atoms with Crippen LogP contribution in [0.5, 0.6) is 0 Å². The highest BCUT2D eigenvalue weighted by molar-refractivity contribution is 7.23. The van der Waals surface area contributed by atoms with E-state index in [0.29, 0.717) is 0 Å². The Morgan fingerprint density at radius 1 is 0.581 bits per heavy atom. The van der Waals surface area contributed by atoms with Gasteiger partial charge in [0.05, 0.1) is 5.00 Å². The molecular formula is C39H26N2OS. The molecule has 204 valence electrons. The number of nitrogens with one attached hydrogen (secondary N) is 1. The van der Waals surface area contributed by atoms with Crippen LogP contribution in [0.2, 0.25) is 0 Å². The Labute approximate surface area is 252 Å². The third kappa shape index (κ3) is 4.03. The highest BCUT2D eigenvalue weighted by Gasteiger charge is 2.25. The van der Waals surface area contributed by atoms with Crippen molar-refractivity contribution < 1.29 is 4.42 Å². The monoisotopic (exact) mass is 570 g/mol. The van der Waals surface area contributed by atoms with Crippen LogP contribution in [0.3, 0.4) is 0 Å². The summed E-state index contributed by atoms with van der Waals surface area (Å²) in [6, 6.07) is 47.4. The molecule has 0 spiro atoms. The summed E-state index contributed by atoms with van der Waals surface area (Å²) >= 11 is 1.83. The first-order valence-electron chi connectivity index (χ1n) is 14.5. The molecule has 1 aliphatic heterocycles. The van der Waals surface area contributed by atoms with Gasteiger partial charge in [0.15, 0.2) is 0 Å². The minimum atomic E-state index is -0.0758. The Morgan fingerprint density at radius 3 is 2.14 bits per heavy atom. The molecule has 3 nitrogen and oxygen atoms in total. The maximum absolute atomic E-state index is 6.17. The van der Waals surface area contributed by atoms with Crippen molar-refractivity contribution in [3.05, 3.63) is 145 Å². The van der Waals surface area contributed by atoms with Crippen molar-refractivity contribution in [2.75, 3.05) is 10.2 Å². The van der Waals surface area contributed by atoms with E-state index in [9.17, 15) is 0 Å². The highest BCUT2D eigenvalue weighted by atomic mass is 32.1. The van der Waals surface area contributed by atoms with Crippen LogP contribution < -0.4 is 10.2 Å². The molecule has 9 rings (SSSR count). The van der Waals surface area contributed by atoms with Gasteiger partial charge >= 0.3 is 0 Å². The van der Waals surface area contributed by atoms with Gasteiger partial charge in [0, 0.05) is 37.8 Å². The van der Waals surface area contributed by atoms with Crippen molar-refractivity contribution in [3.8, 4) is 11.1 Å². The van der Waals surface area contributed by atoms with Gasteiger partial charge in [-0.2, -0.15) is 0 Å². The Bertz CT molecular complexity index is 2330. The first kappa shape index (κ1) is 24.3. The Morgan fingerprint density at radius 2 is 1.28 bits per heavy atom. The molecule has 6 aromatic carbocycles. The molecule has 1 N–H and O–H groups in total. The van der Waals surface area contributed by atoms with E-state index in [1.165, 1.54) is 42.6 Å². The molecule has 2 aromatic heterocycles. The van der Waals surface area contributed by atoms with Crippen molar-refractivity contribution in [1.82, 2.24) is 0 Å². The van der Waals surface area contributed by atoms with Crippen molar-refractivity contribution >= 4 is 76.6 Å². The number of anilines is 3. The number of para-hydroxylation sites is 1. The van der Waals surface area contributed by atoms with Crippen LogP contribution in [0.4, 0.5) is 16.4 Å². The number of furan rings is 1. The lowest BCUT2D eigenvalue weighted by Crippen LogP contribution is -2.37. The van der Waals surface area contributed by atoms with E-state index >= 15 is 0 Å². The molecule has 1 unspecified atom stereocenters. The molecule has 0 saturated carbocycles. The van der Waals surface area contributed by atoms with E-state index < -0.39 is 0 Å². The number of benzene rings is 6. The van der Waals surface area contributed by atoms with E-state index in [2.05, 4.69) is 144 Å². The second-order valence-corrected chi connectivity index (χ2v) is 12.1. The zero-order valence-electron chi connectivity index (χ0n) is 23.2. The van der Waals surface area contributed by atoms with Crippen LogP contribution in [0.15, 0.2) is 144 Å². The molecule has 1 aliphatic rings. The molecule has 0 bridgehead atoms. The quantitative estimate of drug-likeness (QED) is 0.228. The lowest BCUT2D eigenvalue weighted by Gasteiger charge is -2.34. The maximum atomic E-state index is 6.17. The van der Waals surface area contributed by atoms with E-state index in [1.54, 1.807) is 0 Å². The van der Waals surface area contributed by atoms with Crippen LogP contribution >= 0.6 is 11.3 Å². The van der Waals surface area contributed by atoms with Gasteiger partial charge in [-0.05, 0) is 76.5 Å². The zero-order chi connectivity index (χ0) is 28.3. The van der Waals surface area contributed by atoms with E-state index in [0.717, 1.165) is 33.3 Å². The Hall–Kier alpha value is -5.32. The molecule has 8 aromatic rings. The molecule has 0 aliphatic carbocycles. The number of rotatable bonds is 4. The fraction of sp³-hybridized carbons (Fsp3) is 0.0256. The van der Waals surface area contributed by atoms with Gasteiger partial charge in [-0.1, -0.05) is 91.0 Å². The second-order valence-electron chi connectivity index (χ2n) is 11.1. The summed E-state index contributed by atoms with van der Waals surface area (Å²) in [5.41, 5.74) is 7.70. The molecule has 3 heterocycles. The summed E-state index contributed by atoms with van der Waals surface area (Å²) in [6.45, 7) is 0. The zero-order valence-corrected chi connectivity index (χ0v) is 24.0. The average molecular weight is 571 g/mol. The van der Waals surface area contributed by atoms with E-state index in [-0.39, 0.29) is 6.17 Å². The maximum Gasteiger partial charge on any atom is 0.135 e. The van der Waals surface area contributed by atoms with Crippen molar-refractivity contribution in [2.24, 2.45) is 0 Å². The SMILES string of the molecule is C1=CC(N(c2ccc(-c3ccccc3)cc2)c2ccc3oc4ccccc4c3c2)Nc2sc3cc4ccccc4cc3c21. The third-order valence-corrected chi connectivity index (χ3v) is 9.59. The predicted octanol–water partition coefficient (Wildman–Crippen LogP) is 11.2. The van der Waals surface area contributed by atoms with Gasteiger partial charge in [-0.15, -0.1) is 11.3 Å². The number of thiophene rings is 1. The lowest BCUT2D eigenvalue weighted by molar-refractivity contribution is 0.669. The first-order chi connectivity index (χ1) is 21.3. The summed E-state index contributed by atoms with van der Waals surface area (Å²) in [5, 5.41) is 11.2.